The normalized spacial score (nSPS) is 13.9. The summed E-state index contributed by atoms with van der Waals surface area (Å²) < 4.78 is 0. The Morgan fingerprint density at radius 1 is 1.38 bits per heavy atom. The fourth-order valence-electron chi connectivity index (χ4n) is 2.00. The van der Waals surface area contributed by atoms with Crippen LogP contribution < -0.4 is 5.32 Å². The molecule has 0 radical (unpaired) electrons. The van der Waals surface area contributed by atoms with E-state index in [9.17, 15) is 0 Å². The lowest BCUT2D eigenvalue weighted by Gasteiger charge is -2.34. The maximum absolute atomic E-state index is 6.18. The van der Waals surface area contributed by atoms with Crippen LogP contribution in [-0.4, -0.2) is 7.05 Å². The third-order valence-electron chi connectivity index (χ3n) is 3.51. The van der Waals surface area contributed by atoms with Crippen molar-refractivity contribution < 1.29 is 0 Å². The third kappa shape index (κ3) is 2.78. The van der Waals surface area contributed by atoms with Crippen LogP contribution in [0.25, 0.3) is 0 Å². The maximum Gasteiger partial charge on any atom is 0.0438 e. The van der Waals surface area contributed by atoms with Crippen LogP contribution in [0.2, 0.25) is 5.02 Å². The zero-order valence-electron chi connectivity index (χ0n) is 10.9. The first-order valence-electron chi connectivity index (χ1n) is 5.85. The van der Waals surface area contributed by atoms with Crippen molar-refractivity contribution in [1.29, 1.82) is 0 Å². The molecule has 0 amide bonds. The highest BCUT2D eigenvalue weighted by atomic mass is 35.5. The maximum atomic E-state index is 6.18. The molecule has 0 saturated heterocycles. The molecule has 0 heterocycles. The molecule has 0 spiro atoms. The standard InChI is InChI=1S/C14H22ClN/c1-6-14(3,4)13(16-5)11-8-7-10(2)12(15)9-11/h7-9,13,16H,6H2,1-5H3. The lowest BCUT2D eigenvalue weighted by molar-refractivity contribution is 0.245. The van der Waals surface area contributed by atoms with Gasteiger partial charge in [0.15, 0.2) is 0 Å². The van der Waals surface area contributed by atoms with Gasteiger partial charge in [-0.05, 0) is 43.0 Å². The average molecular weight is 240 g/mol. The van der Waals surface area contributed by atoms with Crippen LogP contribution in [0.1, 0.15) is 44.4 Å². The van der Waals surface area contributed by atoms with E-state index >= 15 is 0 Å². The Hall–Kier alpha value is -0.530. The molecule has 16 heavy (non-hydrogen) atoms. The van der Waals surface area contributed by atoms with Gasteiger partial charge in [-0.2, -0.15) is 0 Å². The largest absolute Gasteiger partial charge is 0.313 e. The summed E-state index contributed by atoms with van der Waals surface area (Å²) in [4.78, 5) is 0. The van der Waals surface area contributed by atoms with E-state index in [1.807, 2.05) is 14.0 Å². The molecular formula is C14H22ClN. The van der Waals surface area contributed by atoms with Crippen molar-refractivity contribution in [3.8, 4) is 0 Å². The first-order valence-corrected chi connectivity index (χ1v) is 6.23. The summed E-state index contributed by atoms with van der Waals surface area (Å²) in [5.41, 5.74) is 2.63. The summed E-state index contributed by atoms with van der Waals surface area (Å²) in [7, 11) is 2.01. The summed E-state index contributed by atoms with van der Waals surface area (Å²) in [6.07, 6.45) is 1.13. The van der Waals surface area contributed by atoms with Crippen molar-refractivity contribution in [2.24, 2.45) is 5.41 Å². The van der Waals surface area contributed by atoms with Gasteiger partial charge in [0, 0.05) is 11.1 Å². The van der Waals surface area contributed by atoms with Gasteiger partial charge in [0.2, 0.25) is 0 Å². The van der Waals surface area contributed by atoms with Crippen LogP contribution >= 0.6 is 11.6 Å². The quantitative estimate of drug-likeness (QED) is 0.824. The molecule has 1 unspecified atom stereocenters. The molecule has 0 saturated carbocycles. The van der Waals surface area contributed by atoms with Crippen molar-refractivity contribution in [2.75, 3.05) is 7.05 Å². The number of benzene rings is 1. The molecule has 90 valence electrons. The van der Waals surface area contributed by atoms with Gasteiger partial charge < -0.3 is 5.32 Å². The molecule has 1 rings (SSSR count). The second-order valence-corrected chi connectivity index (χ2v) is 5.48. The summed E-state index contributed by atoms with van der Waals surface area (Å²) in [6, 6.07) is 6.68. The fourth-order valence-corrected chi connectivity index (χ4v) is 2.19. The number of hydrogen-bond donors (Lipinski definition) is 1. The van der Waals surface area contributed by atoms with Crippen molar-refractivity contribution in [2.45, 2.75) is 40.2 Å². The van der Waals surface area contributed by atoms with Gasteiger partial charge in [0.25, 0.3) is 0 Å². The van der Waals surface area contributed by atoms with Gasteiger partial charge in [-0.1, -0.05) is 44.5 Å². The van der Waals surface area contributed by atoms with E-state index in [1.54, 1.807) is 0 Å². The molecule has 0 fully saturated rings. The first kappa shape index (κ1) is 13.5. The molecule has 1 aromatic carbocycles. The van der Waals surface area contributed by atoms with E-state index in [4.69, 9.17) is 11.6 Å². The summed E-state index contributed by atoms with van der Waals surface area (Å²) in [5.74, 6) is 0. The second kappa shape index (κ2) is 5.20. The van der Waals surface area contributed by atoms with Crippen LogP contribution in [0.5, 0.6) is 0 Å². The molecular weight excluding hydrogens is 218 g/mol. The van der Waals surface area contributed by atoms with E-state index in [-0.39, 0.29) is 5.41 Å². The Labute approximate surface area is 104 Å². The number of aryl methyl sites for hydroxylation is 1. The summed E-state index contributed by atoms with van der Waals surface area (Å²) in [6.45, 7) is 8.81. The van der Waals surface area contributed by atoms with E-state index in [2.05, 4.69) is 44.3 Å². The zero-order chi connectivity index (χ0) is 12.3. The number of halogens is 1. The number of rotatable bonds is 4. The van der Waals surface area contributed by atoms with Gasteiger partial charge in [0.1, 0.15) is 0 Å². The molecule has 1 atom stereocenters. The van der Waals surface area contributed by atoms with E-state index in [0.29, 0.717) is 6.04 Å². The lowest BCUT2D eigenvalue weighted by Crippen LogP contribution is -2.31. The van der Waals surface area contributed by atoms with Gasteiger partial charge in [-0.15, -0.1) is 0 Å². The van der Waals surface area contributed by atoms with Gasteiger partial charge in [0.05, 0.1) is 0 Å². The van der Waals surface area contributed by atoms with E-state index in [1.165, 1.54) is 5.56 Å². The fraction of sp³-hybridized carbons (Fsp3) is 0.571. The highest BCUT2D eigenvalue weighted by Crippen LogP contribution is 2.37. The van der Waals surface area contributed by atoms with Crippen LogP contribution in [-0.2, 0) is 0 Å². The Morgan fingerprint density at radius 2 is 2.00 bits per heavy atom. The molecule has 0 aliphatic carbocycles. The van der Waals surface area contributed by atoms with Crippen molar-refractivity contribution in [1.82, 2.24) is 5.32 Å². The molecule has 2 heteroatoms. The molecule has 1 nitrogen and oxygen atoms in total. The van der Waals surface area contributed by atoms with E-state index in [0.717, 1.165) is 17.0 Å². The summed E-state index contributed by atoms with van der Waals surface area (Å²) in [5, 5.41) is 4.25. The van der Waals surface area contributed by atoms with Crippen LogP contribution in [0.4, 0.5) is 0 Å². The molecule has 1 N–H and O–H groups in total. The molecule has 1 aromatic rings. The van der Waals surface area contributed by atoms with Crippen molar-refractivity contribution in [3.05, 3.63) is 34.3 Å². The third-order valence-corrected chi connectivity index (χ3v) is 3.92. The topological polar surface area (TPSA) is 12.0 Å². The number of nitrogens with one attached hydrogen (secondary N) is 1. The molecule has 0 aliphatic rings. The van der Waals surface area contributed by atoms with Crippen molar-refractivity contribution >= 4 is 11.6 Å². The Morgan fingerprint density at radius 3 is 2.44 bits per heavy atom. The Kier molecular flexibility index (Phi) is 4.40. The van der Waals surface area contributed by atoms with Gasteiger partial charge in [-0.3, -0.25) is 0 Å². The predicted octanol–water partition coefficient (Wildman–Crippen LogP) is 4.35. The predicted molar refractivity (Wildman–Crippen MR) is 72.1 cm³/mol. The highest BCUT2D eigenvalue weighted by molar-refractivity contribution is 6.31. The highest BCUT2D eigenvalue weighted by Gasteiger charge is 2.27. The Bertz CT molecular complexity index is 358. The van der Waals surface area contributed by atoms with Gasteiger partial charge >= 0.3 is 0 Å². The van der Waals surface area contributed by atoms with Crippen molar-refractivity contribution in [3.63, 3.8) is 0 Å². The Balaban J connectivity index is 3.09. The van der Waals surface area contributed by atoms with Crippen LogP contribution in [0, 0.1) is 12.3 Å². The lowest BCUT2D eigenvalue weighted by atomic mass is 9.78. The van der Waals surface area contributed by atoms with Crippen LogP contribution in [0.15, 0.2) is 18.2 Å². The minimum atomic E-state index is 0.230. The molecule has 0 aromatic heterocycles. The summed E-state index contributed by atoms with van der Waals surface area (Å²) >= 11 is 6.18. The average Bonchev–Trinajstić information content (AvgIpc) is 2.24. The number of hydrogen-bond acceptors (Lipinski definition) is 1. The van der Waals surface area contributed by atoms with Gasteiger partial charge in [-0.25, -0.2) is 0 Å². The first-order chi connectivity index (χ1) is 7.42. The SMILES string of the molecule is CCC(C)(C)C(NC)c1ccc(C)c(Cl)c1. The molecule has 0 aliphatic heterocycles. The van der Waals surface area contributed by atoms with Crippen LogP contribution in [0.3, 0.4) is 0 Å². The van der Waals surface area contributed by atoms with E-state index < -0.39 is 0 Å². The molecule has 0 bridgehead atoms. The minimum absolute atomic E-state index is 0.230. The minimum Gasteiger partial charge on any atom is -0.313 e. The second-order valence-electron chi connectivity index (χ2n) is 5.07. The monoisotopic (exact) mass is 239 g/mol. The smallest absolute Gasteiger partial charge is 0.0438 e. The zero-order valence-corrected chi connectivity index (χ0v) is 11.7.